The van der Waals surface area contributed by atoms with Crippen molar-refractivity contribution in [3.63, 3.8) is 0 Å². The zero-order valence-corrected chi connectivity index (χ0v) is 10.9. The number of thiocarbonyl (C=S) groups is 1. The molecule has 0 bridgehead atoms. The van der Waals surface area contributed by atoms with Crippen LogP contribution in [0.2, 0.25) is 0 Å². The number of rotatable bonds is 4. The van der Waals surface area contributed by atoms with Crippen molar-refractivity contribution in [3.8, 4) is 0 Å². The van der Waals surface area contributed by atoms with E-state index in [1.807, 2.05) is 0 Å². The van der Waals surface area contributed by atoms with Crippen LogP contribution in [-0.2, 0) is 15.6 Å². The van der Waals surface area contributed by atoms with E-state index in [4.69, 9.17) is 18.0 Å². The molecule has 0 amide bonds. The molecule has 0 aliphatic heterocycles. The Balaban J connectivity index is 2.87. The van der Waals surface area contributed by atoms with E-state index in [-0.39, 0.29) is 10.7 Å². The SMILES string of the molecule is CC(C)S(=O)(=O)Cc1ncc(C(N)=S)s1. The van der Waals surface area contributed by atoms with Crippen molar-refractivity contribution in [2.75, 3.05) is 0 Å². The highest BCUT2D eigenvalue weighted by Crippen LogP contribution is 2.17. The first kappa shape index (κ1) is 12.5. The number of sulfone groups is 1. The maximum absolute atomic E-state index is 11.6. The summed E-state index contributed by atoms with van der Waals surface area (Å²) in [7, 11) is -3.10. The van der Waals surface area contributed by atoms with Gasteiger partial charge in [-0.1, -0.05) is 12.2 Å². The zero-order chi connectivity index (χ0) is 11.6. The molecule has 0 radical (unpaired) electrons. The van der Waals surface area contributed by atoms with Crippen LogP contribution in [0.3, 0.4) is 0 Å². The Labute approximate surface area is 98.4 Å². The lowest BCUT2D eigenvalue weighted by Crippen LogP contribution is -2.15. The maximum Gasteiger partial charge on any atom is 0.159 e. The second-order valence-electron chi connectivity index (χ2n) is 3.34. The molecule has 0 aliphatic carbocycles. The van der Waals surface area contributed by atoms with Gasteiger partial charge in [0, 0.05) is 6.20 Å². The number of nitrogens with two attached hydrogens (primary N) is 1. The Morgan fingerprint density at radius 3 is 2.67 bits per heavy atom. The first-order valence-electron chi connectivity index (χ1n) is 4.29. The van der Waals surface area contributed by atoms with E-state index < -0.39 is 15.1 Å². The number of thiazole rings is 1. The molecule has 84 valence electrons. The van der Waals surface area contributed by atoms with Crippen molar-refractivity contribution >= 4 is 38.4 Å². The van der Waals surface area contributed by atoms with E-state index in [2.05, 4.69) is 4.98 Å². The molecule has 1 heterocycles. The molecule has 1 aromatic heterocycles. The number of nitrogens with zero attached hydrogens (tertiary/aromatic N) is 1. The molecule has 0 unspecified atom stereocenters. The third-order valence-corrected chi connectivity index (χ3v) is 5.51. The molecule has 0 fully saturated rings. The van der Waals surface area contributed by atoms with Crippen LogP contribution in [0.4, 0.5) is 0 Å². The van der Waals surface area contributed by atoms with Crippen LogP contribution in [0.5, 0.6) is 0 Å². The average molecular weight is 264 g/mol. The summed E-state index contributed by atoms with van der Waals surface area (Å²) in [6.07, 6.45) is 1.51. The first-order valence-corrected chi connectivity index (χ1v) is 7.23. The Kier molecular flexibility index (Phi) is 3.80. The number of aromatic nitrogens is 1. The maximum atomic E-state index is 11.6. The fourth-order valence-corrected chi connectivity index (χ4v) is 3.05. The van der Waals surface area contributed by atoms with Gasteiger partial charge in [0.15, 0.2) is 9.84 Å². The van der Waals surface area contributed by atoms with Crippen LogP contribution in [-0.4, -0.2) is 23.6 Å². The summed E-state index contributed by atoms with van der Waals surface area (Å²) in [6, 6.07) is 0. The van der Waals surface area contributed by atoms with E-state index in [0.717, 1.165) is 0 Å². The normalized spacial score (nSPS) is 11.9. The van der Waals surface area contributed by atoms with Gasteiger partial charge in [0.05, 0.1) is 10.1 Å². The Morgan fingerprint density at radius 2 is 2.27 bits per heavy atom. The van der Waals surface area contributed by atoms with Crippen molar-refractivity contribution < 1.29 is 8.42 Å². The summed E-state index contributed by atoms with van der Waals surface area (Å²) >= 11 is 6.00. The molecule has 0 aromatic carbocycles. The van der Waals surface area contributed by atoms with Crippen molar-refractivity contribution in [2.45, 2.75) is 24.9 Å². The highest BCUT2D eigenvalue weighted by molar-refractivity contribution is 7.91. The summed E-state index contributed by atoms with van der Waals surface area (Å²) in [6.45, 7) is 3.30. The predicted molar refractivity (Wildman–Crippen MR) is 65.8 cm³/mol. The van der Waals surface area contributed by atoms with Gasteiger partial charge in [0.1, 0.15) is 15.7 Å². The van der Waals surface area contributed by atoms with Gasteiger partial charge in [-0.25, -0.2) is 13.4 Å². The Bertz CT molecular complexity index is 462. The standard InChI is InChI=1S/C8H12N2O2S3/c1-5(2)15(11,12)4-7-10-3-6(14-7)8(9)13/h3,5H,4H2,1-2H3,(H2,9,13). The van der Waals surface area contributed by atoms with Crippen LogP contribution in [0.1, 0.15) is 23.7 Å². The lowest BCUT2D eigenvalue weighted by atomic mass is 10.6. The fourth-order valence-electron chi connectivity index (χ4n) is 0.830. The van der Waals surface area contributed by atoms with Gasteiger partial charge in [-0.2, -0.15) is 0 Å². The smallest absolute Gasteiger partial charge is 0.159 e. The van der Waals surface area contributed by atoms with Crippen LogP contribution in [0, 0.1) is 0 Å². The molecule has 1 rings (SSSR count). The van der Waals surface area contributed by atoms with Gasteiger partial charge in [0.25, 0.3) is 0 Å². The van der Waals surface area contributed by atoms with Crippen molar-refractivity contribution in [3.05, 3.63) is 16.1 Å². The summed E-state index contributed by atoms with van der Waals surface area (Å²) in [5, 5.41) is 0.140. The van der Waals surface area contributed by atoms with Crippen LogP contribution in [0.25, 0.3) is 0 Å². The average Bonchev–Trinajstić information content (AvgIpc) is 2.51. The quantitative estimate of drug-likeness (QED) is 0.824. The summed E-state index contributed by atoms with van der Waals surface area (Å²) in [5.41, 5.74) is 5.40. The minimum absolute atomic E-state index is 0.0437. The minimum Gasteiger partial charge on any atom is -0.389 e. The lowest BCUT2D eigenvalue weighted by Gasteiger charge is -2.04. The highest BCUT2D eigenvalue weighted by Gasteiger charge is 2.19. The van der Waals surface area contributed by atoms with Gasteiger partial charge in [0.2, 0.25) is 0 Å². The second-order valence-corrected chi connectivity index (χ2v) is 7.45. The molecule has 4 nitrogen and oxygen atoms in total. The molecule has 0 aliphatic rings. The second kappa shape index (κ2) is 4.54. The largest absolute Gasteiger partial charge is 0.389 e. The molecule has 15 heavy (non-hydrogen) atoms. The molecule has 0 saturated carbocycles. The lowest BCUT2D eigenvalue weighted by molar-refractivity contribution is 0.586. The molecule has 1 aromatic rings. The Hall–Kier alpha value is -0.530. The molecule has 0 saturated heterocycles. The zero-order valence-electron chi connectivity index (χ0n) is 8.43. The third kappa shape index (κ3) is 3.22. The highest BCUT2D eigenvalue weighted by atomic mass is 32.2. The summed E-state index contributed by atoms with van der Waals surface area (Å²) in [4.78, 5) is 4.88. The summed E-state index contributed by atoms with van der Waals surface area (Å²) in [5.74, 6) is -0.0437. The molecule has 0 atom stereocenters. The van der Waals surface area contributed by atoms with Crippen molar-refractivity contribution in [1.29, 1.82) is 0 Å². The molecule has 7 heteroatoms. The van der Waals surface area contributed by atoms with Crippen molar-refractivity contribution in [1.82, 2.24) is 4.98 Å². The van der Waals surface area contributed by atoms with E-state index in [1.54, 1.807) is 13.8 Å². The van der Waals surface area contributed by atoms with Gasteiger partial charge in [-0.3, -0.25) is 0 Å². The number of hydrogen-bond donors (Lipinski definition) is 1. The van der Waals surface area contributed by atoms with Crippen LogP contribution >= 0.6 is 23.6 Å². The van der Waals surface area contributed by atoms with E-state index in [0.29, 0.717) is 9.88 Å². The third-order valence-electron chi connectivity index (χ3n) is 1.84. The van der Waals surface area contributed by atoms with Gasteiger partial charge in [-0.15, -0.1) is 11.3 Å². The molecular formula is C8H12N2O2S3. The van der Waals surface area contributed by atoms with Crippen molar-refractivity contribution in [2.24, 2.45) is 5.73 Å². The fraction of sp³-hybridized carbons (Fsp3) is 0.500. The predicted octanol–water partition coefficient (Wildman–Crippen LogP) is 1.10. The minimum atomic E-state index is -3.10. The molecule has 2 N–H and O–H groups in total. The first-order chi connectivity index (χ1) is 6.83. The van der Waals surface area contributed by atoms with Gasteiger partial charge >= 0.3 is 0 Å². The van der Waals surface area contributed by atoms with E-state index >= 15 is 0 Å². The van der Waals surface area contributed by atoms with Gasteiger partial charge in [-0.05, 0) is 13.8 Å². The Morgan fingerprint density at radius 1 is 1.67 bits per heavy atom. The molecular weight excluding hydrogens is 252 g/mol. The monoisotopic (exact) mass is 264 g/mol. The van der Waals surface area contributed by atoms with E-state index in [1.165, 1.54) is 17.5 Å². The van der Waals surface area contributed by atoms with Gasteiger partial charge < -0.3 is 5.73 Å². The van der Waals surface area contributed by atoms with E-state index in [9.17, 15) is 8.42 Å². The number of hydrogen-bond acceptors (Lipinski definition) is 5. The van der Waals surface area contributed by atoms with Crippen LogP contribution < -0.4 is 5.73 Å². The van der Waals surface area contributed by atoms with Crippen LogP contribution in [0.15, 0.2) is 6.20 Å². The molecule has 0 spiro atoms. The summed E-state index contributed by atoms with van der Waals surface area (Å²) < 4.78 is 23.2. The topological polar surface area (TPSA) is 73.0 Å².